The summed E-state index contributed by atoms with van der Waals surface area (Å²) in [6, 6.07) is 0. The van der Waals surface area contributed by atoms with Gasteiger partial charge in [-0.15, -0.1) is 0 Å². The minimum Gasteiger partial charge on any atom is -0.481 e. The molecule has 2 rings (SSSR count). The maximum Gasteiger partial charge on any atom is 0.307 e. The van der Waals surface area contributed by atoms with Crippen LogP contribution in [0.5, 0.6) is 0 Å². The van der Waals surface area contributed by atoms with Crippen LogP contribution in [0.3, 0.4) is 0 Å². The monoisotopic (exact) mass is 170 g/mol. The van der Waals surface area contributed by atoms with Crippen LogP contribution >= 0.6 is 0 Å². The van der Waals surface area contributed by atoms with Crippen LogP contribution in [0.25, 0.3) is 0 Å². The van der Waals surface area contributed by atoms with Crippen molar-refractivity contribution in [3.63, 3.8) is 0 Å². The predicted molar refractivity (Wildman–Crippen MR) is 42.5 cm³/mol. The number of aliphatic carboxylic acids is 1. The third-order valence-corrected chi connectivity index (χ3v) is 3.58. The summed E-state index contributed by atoms with van der Waals surface area (Å²) in [5, 5.41) is 18.0. The smallest absolute Gasteiger partial charge is 0.307 e. The summed E-state index contributed by atoms with van der Waals surface area (Å²) in [4.78, 5) is 10.8. The Morgan fingerprint density at radius 1 is 1.33 bits per heavy atom. The molecule has 0 aliphatic heterocycles. The molecule has 0 heterocycles. The van der Waals surface area contributed by atoms with Gasteiger partial charge >= 0.3 is 5.97 Å². The summed E-state index contributed by atoms with van der Waals surface area (Å²) >= 11 is 0. The van der Waals surface area contributed by atoms with Gasteiger partial charge in [0.15, 0.2) is 0 Å². The Hall–Kier alpha value is -0.570. The van der Waals surface area contributed by atoms with Crippen molar-refractivity contribution in [3.05, 3.63) is 0 Å². The zero-order valence-corrected chi connectivity index (χ0v) is 6.94. The molecule has 3 nitrogen and oxygen atoms in total. The summed E-state index contributed by atoms with van der Waals surface area (Å²) in [7, 11) is 0. The molecule has 0 unspecified atom stereocenters. The minimum atomic E-state index is -0.707. The Morgan fingerprint density at radius 2 is 2.00 bits per heavy atom. The van der Waals surface area contributed by atoms with Crippen LogP contribution < -0.4 is 0 Å². The van der Waals surface area contributed by atoms with Gasteiger partial charge in [-0.05, 0) is 37.0 Å². The lowest BCUT2D eigenvalue weighted by Crippen LogP contribution is -2.31. The lowest BCUT2D eigenvalue weighted by Gasteiger charge is -2.25. The van der Waals surface area contributed by atoms with E-state index in [9.17, 15) is 4.79 Å². The van der Waals surface area contributed by atoms with Gasteiger partial charge in [-0.1, -0.05) is 0 Å². The topological polar surface area (TPSA) is 57.5 Å². The highest BCUT2D eigenvalue weighted by Crippen LogP contribution is 2.52. The minimum absolute atomic E-state index is 0.0428. The first-order valence-corrected chi connectivity index (χ1v) is 4.57. The van der Waals surface area contributed by atoms with Gasteiger partial charge in [0.05, 0.1) is 5.92 Å². The Balaban J connectivity index is 2.16. The van der Waals surface area contributed by atoms with E-state index in [1.165, 1.54) is 0 Å². The van der Waals surface area contributed by atoms with Crippen molar-refractivity contribution < 1.29 is 15.0 Å². The Bertz CT molecular complexity index is 202. The highest BCUT2D eigenvalue weighted by atomic mass is 16.4. The summed E-state index contributed by atoms with van der Waals surface area (Å²) in [6.07, 6.45) is 3.21. The fourth-order valence-corrected chi connectivity index (χ4v) is 3.06. The second-order valence-electron chi connectivity index (χ2n) is 4.04. The molecule has 2 N–H and O–H groups in total. The van der Waals surface area contributed by atoms with Crippen molar-refractivity contribution in [2.75, 3.05) is 6.61 Å². The van der Waals surface area contributed by atoms with E-state index in [4.69, 9.17) is 10.2 Å². The van der Waals surface area contributed by atoms with E-state index in [0.717, 1.165) is 19.3 Å². The van der Waals surface area contributed by atoms with Gasteiger partial charge in [0.25, 0.3) is 0 Å². The number of aliphatic hydroxyl groups excluding tert-OH is 1. The number of carboxylic acid groups (broad SMARTS) is 1. The number of hydrogen-bond acceptors (Lipinski definition) is 2. The molecule has 2 saturated carbocycles. The lowest BCUT2D eigenvalue weighted by molar-refractivity contribution is -0.146. The molecule has 68 valence electrons. The van der Waals surface area contributed by atoms with Gasteiger partial charge in [0.2, 0.25) is 0 Å². The van der Waals surface area contributed by atoms with Gasteiger partial charge in [-0.3, -0.25) is 4.79 Å². The van der Waals surface area contributed by atoms with Crippen molar-refractivity contribution >= 4 is 5.97 Å². The first-order chi connectivity index (χ1) is 5.74. The highest BCUT2D eigenvalue weighted by Gasteiger charge is 2.50. The van der Waals surface area contributed by atoms with Gasteiger partial charge in [0, 0.05) is 6.61 Å². The Morgan fingerprint density at radius 3 is 2.50 bits per heavy atom. The van der Waals surface area contributed by atoms with E-state index in [0.29, 0.717) is 11.8 Å². The number of carboxylic acids is 1. The maximum absolute atomic E-state index is 10.8. The molecular weight excluding hydrogens is 156 g/mol. The molecule has 12 heavy (non-hydrogen) atoms. The van der Waals surface area contributed by atoms with Crippen LogP contribution in [0.2, 0.25) is 0 Å². The number of hydrogen-bond donors (Lipinski definition) is 2. The second kappa shape index (κ2) is 2.73. The second-order valence-corrected chi connectivity index (χ2v) is 4.04. The largest absolute Gasteiger partial charge is 0.481 e. The normalized spacial score (nSPS) is 45.1. The van der Waals surface area contributed by atoms with E-state index < -0.39 is 5.97 Å². The highest BCUT2D eigenvalue weighted by molar-refractivity contribution is 5.71. The van der Waals surface area contributed by atoms with Crippen molar-refractivity contribution in [1.82, 2.24) is 0 Å². The van der Waals surface area contributed by atoms with Gasteiger partial charge in [-0.25, -0.2) is 0 Å². The van der Waals surface area contributed by atoms with Gasteiger partial charge in [-0.2, -0.15) is 0 Å². The summed E-state index contributed by atoms with van der Waals surface area (Å²) in [5.74, 6) is -0.0815. The zero-order chi connectivity index (χ0) is 8.72. The molecule has 2 bridgehead atoms. The van der Waals surface area contributed by atoms with Crippen LogP contribution in [-0.2, 0) is 4.79 Å². The van der Waals surface area contributed by atoms with E-state index >= 15 is 0 Å². The molecule has 4 atom stereocenters. The summed E-state index contributed by atoms with van der Waals surface area (Å²) < 4.78 is 0. The molecule has 0 aromatic heterocycles. The van der Waals surface area contributed by atoms with Crippen LogP contribution in [-0.4, -0.2) is 22.8 Å². The first-order valence-electron chi connectivity index (χ1n) is 4.57. The molecular formula is C9H14O3. The molecule has 0 spiro atoms. The van der Waals surface area contributed by atoms with Gasteiger partial charge in [0.1, 0.15) is 0 Å². The first kappa shape index (κ1) is 8.05. The van der Waals surface area contributed by atoms with Crippen molar-refractivity contribution in [1.29, 1.82) is 0 Å². The van der Waals surface area contributed by atoms with Crippen LogP contribution in [0.15, 0.2) is 0 Å². The molecule has 0 amide bonds. The number of rotatable bonds is 2. The Kier molecular flexibility index (Phi) is 1.83. The summed E-state index contributed by atoms with van der Waals surface area (Å²) in [5.41, 5.74) is 0. The van der Waals surface area contributed by atoms with E-state index in [2.05, 4.69) is 0 Å². The number of fused-ring (bicyclic) bond motifs is 2. The average molecular weight is 170 g/mol. The van der Waals surface area contributed by atoms with E-state index in [1.54, 1.807) is 0 Å². The SMILES string of the molecule is O=C(O)[C@@H]1[C@@H]2CC[C@@H](C2)[C@@H]1CO. The third-order valence-electron chi connectivity index (χ3n) is 3.58. The number of carbonyl (C=O) groups is 1. The standard InChI is InChI=1S/C9H14O3/c10-4-7-5-1-2-6(3-5)8(7)9(11)12/h5-8,10H,1-4H2,(H,11,12)/t5-,6+,7-,8+/m0/s1. The van der Waals surface area contributed by atoms with Crippen LogP contribution in [0, 0.1) is 23.7 Å². The van der Waals surface area contributed by atoms with Crippen molar-refractivity contribution in [3.8, 4) is 0 Å². The predicted octanol–water partition coefficient (Wildman–Crippen LogP) is 0.726. The van der Waals surface area contributed by atoms with E-state index in [1.807, 2.05) is 0 Å². The third kappa shape index (κ3) is 0.959. The fourth-order valence-electron chi connectivity index (χ4n) is 3.06. The van der Waals surface area contributed by atoms with Crippen molar-refractivity contribution in [2.45, 2.75) is 19.3 Å². The van der Waals surface area contributed by atoms with Crippen molar-refractivity contribution in [2.24, 2.45) is 23.7 Å². The molecule has 0 saturated heterocycles. The Labute approximate surface area is 71.4 Å². The molecule has 2 aliphatic rings. The zero-order valence-electron chi connectivity index (χ0n) is 6.94. The molecule has 2 aliphatic carbocycles. The average Bonchev–Trinajstić information content (AvgIpc) is 2.60. The molecule has 2 fully saturated rings. The molecule has 0 radical (unpaired) electrons. The lowest BCUT2D eigenvalue weighted by atomic mass is 9.80. The molecule has 0 aromatic carbocycles. The fraction of sp³-hybridized carbons (Fsp3) is 0.889. The van der Waals surface area contributed by atoms with Crippen LogP contribution in [0.4, 0.5) is 0 Å². The van der Waals surface area contributed by atoms with Crippen LogP contribution in [0.1, 0.15) is 19.3 Å². The molecule has 3 heteroatoms. The summed E-state index contributed by atoms with van der Waals surface area (Å²) in [6.45, 7) is 0.0537. The molecule has 0 aromatic rings. The van der Waals surface area contributed by atoms with E-state index in [-0.39, 0.29) is 18.4 Å². The number of aliphatic hydroxyl groups is 1. The maximum atomic E-state index is 10.8. The van der Waals surface area contributed by atoms with Gasteiger partial charge < -0.3 is 10.2 Å². The quantitative estimate of drug-likeness (QED) is 0.642.